The highest BCUT2D eigenvalue weighted by Crippen LogP contribution is 2.21. The lowest BCUT2D eigenvalue weighted by atomic mass is 10.2. The molecule has 1 aliphatic rings. The van der Waals surface area contributed by atoms with Crippen molar-refractivity contribution in [1.82, 2.24) is 14.5 Å². The number of benzene rings is 2. The van der Waals surface area contributed by atoms with E-state index in [4.69, 9.17) is 4.74 Å². The van der Waals surface area contributed by atoms with E-state index in [2.05, 4.69) is 25.8 Å². The van der Waals surface area contributed by atoms with E-state index in [1.807, 2.05) is 35.2 Å². The lowest BCUT2D eigenvalue weighted by molar-refractivity contribution is -0.131. The molecule has 0 spiro atoms. The van der Waals surface area contributed by atoms with Crippen LogP contribution in [0.2, 0.25) is 0 Å². The van der Waals surface area contributed by atoms with Crippen LogP contribution in [0.4, 0.5) is 5.69 Å². The van der Waals surface area contributed by atoms with Crippen LogP contribution < -0.4 is 15.2 Å². The second-order valence-corrected chi connectivity index (χ2v) is 8.14. The normalized spacial score (nSPS) is 14.2. The first-order chi connectivity index (χ1) is 14.5. The molecule has 0 radical (unpaired) electrons. The van der Waals surface area contributed by atoms with Gasteiger partial charge in [-0.05, 0) is 42.5 Å². The topological polar surface area (TPSA) is 67.7 Å². The minimum Gasteiger partial charge on any atom is -0.497 e. The molecule has 1 aromatic heterocycles. The van der Waals surface area contributed by atoms with Crippen molar-refractivity contribution in [3.63, 3.8) is 0 Å². The second-order valence-electron chi connectivity index (χ2n) is 7.22. The maximum absolute atomic E-state index is 12.7. The molecule has 4 rings (SSSR count). The van der Waals surface area contributed by atoms with Crippen molar-refractivity contribution in [2.45, 2.75) is 13.0 Å². The number of anilines is 1. The first-order valence-corrected chi connectivity index (χ1v) is 10.7. The van der Waals surface area contributed by atoms with Gasteiger partial charge in [0.2, 0.25) is 5.91 Å². The summed E-state index contributed by atoms with van der Waals surface area (Å²) in [5.41, 5.74) is 1.65. The summed E-state index contributed by atoms with van der Waals surface area (Å²) in [6.07, 6.45) is 1.80. The molecular formula is C22H23BrN4O3. The van der Waals surface area contributed by atoms with Gasteiger partial charge in [-0.3, -0.25) is 14.2 Å². The average Bonchev–Trinajstić information content (AvgIpc) is 2.79. The van der Waals surface area contributed by atoms with E-state index in [9.17, 15) is 9.59 Å². The molecule has 8 heteroatoms. The number of fused-ring (bicyclic) bond motifs is 1. The SMILES string of the molecule is COc1ccc(N2CCN(C(=O)CCn3cnc4ccc(Br)cc4c3=O)CC2)cc1. The van der Waals surface area contributed by atoms with Gasteiger partial charge < -0.3 is 14.5 Å². The van der Waals surface area contributed by atoms with Crippen molar-refractivity contribution in [3.8, 4) is 5.75 Å². The van der Waals surface area contributed by atoms with Gasteiger partial charge in [-0.2, -0.15) is 0 Å². The first-order valence-electron chi connectivity index (χ1n) is 9.86. The fourth-order valence-electron chi connectivity index (χ4n) is 3.67. The summed E-state index contributed by atoms with van der Waals surface area (Å²) in [6.45, 7) is 3.23. The molecule has 2 heterocycles. The summed E-state index contributed by atoms with van der Waals surface area (Å²) >= 11 is 3.39. The number of rotatable bonds is 5. The van der Waals surface area contributed by atoms with Crippen LogP contribution in [0.1, 0.15) is 6.42 Å². The number of piperazine rings is 1. The number of carbonyl (C=O) groups is 1. The zero-order chi connectivity index (χ0) is 21.1. The standard InChI is InChI=1S/C22H23BrN4O3/c1-30-18-5-3-17(4-6-18)25-10-12-26(13-11-25)21(28)8-9-27-15-24-20-7-2-16(23)14-19(20)22(27)29/h2-7,14-15H,8-13H2,1H3. The van der Waals surface area contributed by atoms with Gasteiger partial charge in [-0.1, -0.05) is 15.9 Å². The third-order valence-corrected chi connectivity index (χ3v) is 5.92. The minimum absolute atomic E-state index is 0.0608. The smallest absolute Gasteiger partial charge is 0.261 e. The second kappa shape index (κ2) is 8.87. The Morgan fingerprint density at radius 3 is 2.53 bits per heavy atom. The fraction of sp³-hybridized carbons (Fsp3) is 0.318. The maximum atomic E-state index is 12.7. The van der Waals surface area contributed by atoms with Crippen LogP contribution in [-0.2, 0) is 11.3 Å². The van der Waals surface area contributed by atoms with Crippen molar-refractivity contribution < 1.29 is 9.53 Å². The summed E-state index contributed by atoms with van der Waals surface area (Å²) in [5.74, 6) is 0.893. The molecule has 0 N–H and O–H groups in total. The highest BCUT2D eigenvalue weighted by molar-refractivity contribution is 9.10. The Bertz CT molecular complexity index is 1110. The van der Waals surface area contributed by atoms with Crippen LogP contribution in [0, 0.1) is 0 Å². The van der Waals surface area contributed by atoms with Crippen LogP contribution in [0.3, 0.4) is 0 Å². The molecule has 0 saturated carbocycles. The van der Waals surface area contributed by atoms with Gasteiger partial charge in [0.15, 0.2) is 0 Å². The maximum Gasteiger partial charge on any atom is 0.261 e. The number of hydrogen-bond donors (Lipinski definition) is 0. The molecule has 7 nitrogen and oxygen atoms in total. The summed E-state index contributed by atoms with van der Waals surface area (Å²) in [7, 11) is 1.65. The fourth-order valence-corrected chi connectivity index (χ4v) is 4.03. The van der Waals surface area contributed by atoms with Crippen molar-refractivity contribution >= 4 is 38.4 Å². The summed E-state index contributed by atoms with van der Waals surface area (Å²) in [5, 5.41) is 0.549. The molecular weight excluding hydrogens is 448 g/mol. The Hall–Kier alpha value is -2.87. The van der Waals surface area contributed by atoms with E-state index < -0.39 is 0 Å². The van der Waals surface area contributed by atoms with Gasteiger partial charge in [-0.15, -0.1) is 0 Å². The van der Waals surface area contributed by atoms with Gasteiger partial charge >= 0.3 is 0 Å². The Labute approximate surface area is 183 Å². The zero-order valence-corrected chi connectivity index (χ0v) is 18.3. The van der Waals surface area contributed by atoms with Crippen LogP contribution in [0.25, 0.3) is 10.9 Å². The minimum atomic E-state index is -0.126. The Kier molecular flexibility index (Phi) is 6.03. The van der Waals surface area contributed by atoms with E-state index in [-0.39, 0.29) is 17.9 Å². The average molecular weight is 471 g/mol. The number of amides is 1. The van der Waals surface area contributed by atoms with Gasteiger partial charge in [-0.25, -0.2) is 4.98 Å². The molecule has 1 aliphatic heterocycles. The Morgan fingerprint density at radius 2 is 1.83 bits per heavy atom. The number of hydrogen-bond acceptors (Lipinski definition) is 5. The van der Waals surface area contributed by atoms with Gasteiger partial charge in [0.05, 0.1) is 24.3 Å². The molecule has 0 bridgehead atoms. The number of aryl methyl sites for hydroxylation is 1. The first kappa shape index (κ1) is 20.4. The monoisotopic (exact) mass is 470 g/mol. The molecule has 30 heavy (non-hydrogen) atoms. The zero-order valence-electron chi connectivity index (χ0n) is 16.8. The van der Waals surface area contributed by atoms with Crippen molar-refractivity contribution in [2.75, 3.05) is 38.2 Å². The molecule has 0 atom stereocenters. The molecule has 156 valence electrons. The van der Waals surface area contributed by atoms with Gasteiger partial charge in [0.25, 0.3) is 5.56 Å². The molecule has 0 unspecified atom stereocenters. The van der Waals surface area contributed by atoms with E-state index in [1.54, 1.807) is 19.2 Å². The molecule has 2 aromatic carbocycles. The molecule has 1 fully saturated rings. The van der Waals surface area contributed by atoms with Gasteiger partial charge in [0.1, 0.15) is 5.75 Å². The number of halogens is 1. The quantitative estimate of drug-likeness (QED) is 0.573. The largest absolute Gasteiger partial charge is 0.497 e. The lowest BCUT2D eigenvalue weighted by Gasteiger charge is -2.36. The number of aromatic nitrogens is 2. The molecule has 3 aromatic rings. The number of nitrogens with zero attached hydrogens (tertiary/aromatic N) is 4. The number of carbonyl (C=O) groups excluding carboxylic acids is 1. The molecule has 1 saturated heterocycles. The Balaban J connectivity index is 1.34. The third-order valence-electron chi connectivity index (χ3n) is 5.42. The highest BCUT2D eigenvalue weighted by atomic mass is 79.9. The Morgan fingerprint density at radius 1 is 1.10 bits per heavy atom. The number of methoxy groups -OCH3 is 1. The van der Waals surface area contributed by atoms with Crippen molar-refractivity contribution in [1.29, 1.82) is 0 Å². The van der Waals surface area contributed by atoms with Crippen LogP contribution in [-0.4, -0.2) is 53.6 Å². The summed E-state index contributed by atoms with van der Waals surface area (Å²) < 4.78 is 7.55. The third kappa shape index (κ3) is 4.33. The molecule has 1 amide bonds. The molecule has 0 aliphatic carbocycles. The predicted octanol–water partition coefficient (Wildman–Crippen LogP) is 2.91. The van der Waals surface area contributed by atoms with Gasteiger partial charge in [0, 0.05) is 49.3 Å². The van der Waals surface area contributed by atoms with E-state index in [0.717, 1.165) is 29.0 Å². The summed E-state index contributed by atoms with van der Waals surface area (Å²) in [4.78, 5) is 33.8. The number of ether oxygens (including phenoxy) is 1. The van der Waals surface area contributed by atoms with Crippen molar-refractivity contribution in [3.05, 3.63) is 63.6 Å². The highest BCUT2D eigenvalue weighted by Gasteiger charge is 2.21. The van der Waals surface area contributed by atoms with E-state index in [0.29, 0.717) is 30.5 Å². The van der Waals surface area contributed by atoms with E-state index >= 15 is 0 Å². The van der Waals surface area contributed by atoms with Crippen molar-refractivity contribution in [2.24, 2.45) is 0 Å². The lowest BCUT2D eigenvalue weighted by Crippen LogP contribution is -2.49. The van der Waals surface area contributed by atoms with Crippen LogP contribution in [0.5, 0.6) is 5.75 Å². The van der Waals surface area contributed by atoms with Crippen LogP contribution >= 0.6 is 15.9 Å². The van der Waals surface area contributed by atoms with Crippen LogP contribution in [0.15, 0.2) is 58.1 Å². The summed E-state index contributed by atoms with van der Waals surface area (Å²) in [6, 6.07) is 13.4. The predicted molar refractivity (Wildman–Crippen MR) is 120 cm³/mol. The van der Waals surface area contributed by atoms with E-state index in [1.165, 1.54) is 10.9 Å².